The number of hydrogen-bond acceptors (Lipinski definition) is 3. The van der Waals surface area contributed by atoms with Crippen molar-refractivity contribution in [3.05, 3.63) is 29.6 Å². The lowest BCUT2D eigenvalue weighted by Gasteiger charge is -2.29. The fraction of sp³-hybridized carbons (Fsp3) is 0.667. The summed E-state index contributed by atoms with van der Waals surface area (Å²) in [6, 6.07) is 4.98. The molecule has 3 heteroatoms. The van der Waals surface area contributed by atoms with Crippen LogP contribution in [0.2, 0.25) is 0 Å². The second-order valence-electron chi connectivity index (χ2n) is 5.40. The SMILES string of the molecule is CCNC(C1CCSC1)C1CCc2cccnc21. The van der Waals surface area contributed by atoms with E-state index in [4.69, 9.17) is 0 Å². The minimum atomic E-state index is 0.640. The minimum absolute atomic E-state index is 0.640. The van der Waals surface area contributed by atoms with E-state index in [1.54, 1.807) is 0 Å². The van der Waals surface area contributed by atoms with Crippen molar-refractivity contribution in [2.75, 3.05) is 18.1 Å². The lowest BCUT2D eigenvalue weighted by Crippen LogP contribution is -2.41. The molecule has 2 heterocycles. The van der Waals surface area contributed by atoms with Crippen molar-refractivity contribution in [3.63, 3.8) is 0 Å². The summed E-state index contributed by atoms with van der Waals surface area (Å²) < 4.78 is 0. The van der Waals surface area contributed by atoms with E-state index in [9.17, 15) is 0 Å². The first-order valence-electron chi connectivity index (χ1n) is 7.15. The monoisotopic (exact) mass is 262 g/mol. The molecule has 3 atom stereocenters. The maximum Gasteiger partial charge on any atom is 0.0482 e. The number of nitrogens with zero attached hydrogens (tertiary/aromatic N) is 1. The molecule has 3 unspecified atom stereocenters. The summed E-state index contributed by atoms with van der Waals surface area (Å²) in [5, 5.41) is 3.75. The third kappa shape index (κ3) is 2.30. The van der Waals surface area contributed by atoms with Gasteiger partial charge in [-0.3, -0.25) is 4.98 Å². The number of fused-ring (bicyclic) bond motifs is 1. The van der Waals surface area contributed by atoms with Gasteiger partial charge in [0, 0.05) is 23.9 Å². The second-order valence-corrected chi connectivity index (χ2v) is 6.55. The molecule has 1 aromatic rings. The van der Waals surface area contributed by atoms with Crippen LogP contribution in [0.15, 0.2) is 18.3 Å². The molecule has 2 aliphatic rings. The normalized spacial score (nSPS) is 28.3. The Kier molecular flexibility index (Phi) is 3.90. The van der Waals surface area contributed by atoms with Gasteiger partial charge >= 0.3 is 0 Å². The van der Waals surface area contributed by atoms with Gasteiger partial charge < -0.3 is 5.32 Å². The average molecular weight is 262 g/mol. The van der Waals surface area contributed by atoms with Gasteiger partial charge in [-0.15, -0.1) is 0 Å². The molecular formula is C15H22N2S. The Morgan fingerprint density at radius 2 is 2.44 bits per heavy atom. The number of aromatic nitrogens is 1. The van der Waals surface area contributed by atoms with Gasteiger partial charge in [-0.25, -0.2) is 0 Å². The molecule has 0 radical (unpaired) electrons. The summed E-state index contributed by atoms with van der Waals surface area (Å²) in [6.07, 6.45) is 5.84. The van der Waals surface area contributed by atoms with Gasteiger partial charge in [-0.05, 0) is 54.9 Å². The van der Waals surface area contributed by atoms with Crippen LogP contribution in [0, 0.1) is 5.92 Å². The maximum absolute atomic E-state index is 4.67. The van der Waals surface area contributed by atoms with Gasteiger partial charge in [0.25, 0.3) is 0 Å². The van der Waals surface area contributed by atoms with Gasteiger partial charge in [0.15, 0.2) is 0 Å². The largest absolute Gasteiger partial charge is 0.313 e. The lowest BCUT2D eigenvalue weighted by atomic mass is 9.86. The van der Waals surface area contributed by atoms with Crippen molar-refractivity contribution in [1.29, 1.82) is 0 Å². The predicted octanol–water partition coefficient (Wildman–Crippen LogP) is 2.84. The zero-order valence-corrected chi connectivity index (χ0v) is 11.9. The summed E-state index contributed by atoms with van der Waals surface area (Å²) >= 11 is 2.12. The fourth-order valence-electron chi connectivity index (χ4n) is 3.50. The van der Waals surface area contributed by atoms with Crippen LogP contribution in [0.4, 0.5) is 0 Å². The highest BCUT2D eigenvalue weighted by atomic mass is 32.2. The van der Waals surface area contributed by atoms with E-state index in [-0.39, 0.29) is 0 Å². The number of pyridine rings is 1. The van der Waals surface area contributed by atoms with E-state index in [1.807, 2.05) is 6.20 Å². The molecule has 2 nitrogen and oxygen atoms in total. The van der Waals surface area contributed by atoms with Crippen LogP contribution in [-0.4, -0.2) is 29.1 Å². The van der Waals surface area contributed by atoms with Crippen LogP contribution in [0.3, 0.4) is 0 Å². The molecule has 98 valence electrons. The number of nitrogens with one attached hydrogen (secondary N) is 1. The molecule has 3 rings (SSSR count). The van der Waals surface area contributed by atoms with E-state index in [0.717, 1.165) is 12.5 Å². The summed E-state index contributed by atoms with van der Waals surface area (Å²) in [6.45, 7) is 3.30. The molecule has 18 heavy (non-hydrogen) atoms. The van der Waals surface area contributed by atoms with E-state index in [1.165, 1.54) is 42.0 Å². The van der Waals surface area contributed by atoms with E-state index >= 15 is 0 Å². The van der Waals surface area contributed by atoms with Crippen molar-refractivity contribution < 1.29 is 0 Å². The van der Waals surface area contributed by atoms with Gasteiger partial charge in [0.2, 0.25) is 0 Å². The Morgan fingerprint density at radius 1 is 1.50 bits per heavy atom. The number of aryl methyl sites for hydroxylation is 1. The van der Waals surface area contributed by atoms with Gasteiger partial charge in [-0.1, -0.05) is 13.0 Å². The number of rotatable bonds is 4. The van der Waals surface area contributed by atoms with Crippen molar-refractivity contribution >= 4 is 11.8 Å². The molecule has 1 N–H and O–H groups in total. The maximum atomic E-state index is 4.67. The van der Waals surface area contributed by atoms with Gasteiger partial charge in [-0.2, -0.15) is 11.8 Å². The molecule has 0 saturated carbocycles. The highest BCUT2D eigenvalue weighted by molar-refractivity contribution is 7.99. The van der Waals surface area contributed by atoms with Crippen LogP contribution in [0.1, 0.15) is 36.9 Å². The molecule has 0 bridgehead atoms. The van der Waals surface area contributed by atoms with Gasteiger partial charge in [0.05, 0.1) is 0 Å². The fourth-order valence-corrected chi connectivity index (χ4v) is 4.82. The Morgan fingerprint density at radius 3 is 3.22 bits per heavy atom. The molecule has 1 fully saturated rings. The third-order valence-electron chi connectivity index (χ3n) is 4.35. The van der Waals surface area contributed by atoms with Crippen LogP contribution < -0.4 is 5.32 Å². The van der Waals surface area contributed by atoms with Gasteiger partial charge in [0.1, 0.15) is 0 Å². The Labute approximate surface area is 114 Å². The lowest BCUT2D eigenvalue weighted by molar-refractivity contribution is 0.329. The summed E-state index contributed by atoms with van der Waals surface area (Å²) in [5.74, 6) is 4.16. The zero-order chi connectivity index (χ0) is 12.4. The Balaban J connectivity index is 1.83. The van der Waals surface area contributed by atoms with Crippen LogP contribution in [0.25, 0.3) is 0 Å². The number of likely N-dealkylation sites (N-methyl/N-ethyl adjacent to an activating group) is 1. The molecule has 1 aliphatic carbocycles. The highest BCUT2D eigenvalue weighted by Gasteiger charge is 2.36. The van der Waals surface area contributed by atoms with Crippen LogP contribution in [0.5, 0.6) is 0 Å². The van der Waals surface area contributed by atoms with E-state index < -0.39 is 0 Å². The highest BCUT2D eigenvalue weighted by Crippen LogP contribution is 2.39. The first kappa shape index (κ1) is 12.5. The standard InChI is InChI=1S/C15H22N2S/c1-2-16-15(12-7-9-18-10-12)13-6-5-11-4-3-8-17-14(11)13/h3-4,8,12-13,15-16H,2,5-7,9-10H2,1H3. The molecule has 0 spiro atoms. The minimum Gasteiger partial charge on any atom is -0.313 e. The van der Waals surface area contributed by atoms with E-state index in [2.05, 4.69) is 41.1 Å². The van der Waals surface area contributed by atoms with Crippen molar-refractivity contribution in [3.8, 4) is 0 Å². The van der Waals surface area contributed by atoms with Crippen molar-refractivity contribution in [2.45, 2.75) is 38.1 Å². The summed E-state index contributed by atoms with van der Waals surface area (Å²) in [7, 11) is 0. The Bertz CT molecular complexity index is 401. The number of hydrogen-bond donors (Lipinski definition) is 1. The first-order valence-corrected chi connectivity index (χ1v) is 8.30. The smallest absolute Gasteiger partial charge is 0.0482 e. The molecule has 1 saturated heterocycles. The van der Waals surface area contributed by atoms with Crippen LogP contribution in [-0.2, 0) is 6.42 Å². The summed E-state index contributed by atoms with van der Waals surface area (Å²) in [5.41, 5.74) is 2.86. The van der Waals surface area contributed by atoms with Crippen molar-refractivity contribution in [1.82, 2.24) is 10.3 Å². The molecule has 0 amide bonds. The number of thioether (sulfide) groups is 1. The predicted molar refractivity (Wildman–Crippen MR) is 78.2 cm³/mol. The molecular weight excluding hydrogens is 240 g/mol. The van der Waals surface area contributed by atoms with Crippen molar-refractivity contribution in [2.24, 2.45) is 5.92 Å². The first-order chi connectivity index (χ1) is 8.90. The summed E-state index contributed by atoms with van der Waals surface area (Å²) in [4.78, 5) is 4.67. The quantitative estimate of drug-likeness (QED) is 0.903. The topological polar surface area (TPSA) is 24.9 Å². The van der Waals surface area contributed by atoms with E-state index in [0.29, 0.717) is 12.0 Å². The third-order valence-corrected chi connectivity index (χ3v) is 5.54. The Hall–Kier alpha value is -0.540. The molecule has 1 aliphatic heterocycles. The molecule has 0 aromatic carbocycles. The zero-order valence-electron chi connectivity index (χ0n) is 11.1. The second kappa shape index (κ2) is 5.62. The van der Waals surface area contributed by atoms with Crippen LogP contribution >= 0.6 is 11.8 Å². The average Bonchev–Trinajstić information content (AvgIpc) is 3.06. The molecule has 1 aromatic heterocycles.